The fourth-order valence-electron chi connectivity index (χ4n) is 4.54. The average molecular weight is 470 g/mol. The number of ether oxygens (including phenoxy) is 1. The van der Waals surface area contributed by atoms with Crippen molar-refractivity contribution in [3.8, 4) is 11.4 Å². The third-order valence-electron chi connectivity index (χ3n) is 6.23. The van der Waals surface area contributed by atoms with Gasteiger partial charge in [-0.1, -0.05) is 42.5 Å². The number of hydrogen-bond acceptors (Lipinski definition) is 3. The Hall–Kier alpha value is -3.64. The van der Waals surface area contributed by atoms with Crippen LogP contribution >= 0.6 is 11.8 Å². The monoisotopic (exact) mass is 469 g/mol. The van der Waals surface area contributed by atoms with E-state index in [1.54, 1.807) is 18.9 Å². The van der Waals surface area contributed by atoms with Gasteiger partial charge in [0.2, 0.25) is 0 Å². The van der Waals surface area contributed by atoms with E-state index in [0.717, 1.165) is 33.8 Å². The van der Waals surface area contributed by atoms with Crippen molar-refractivity contribution in [3.63, 3.8) is 0 Å². The molecule has 4 aromatic rings. The van der Waals surface area contributed by atoms with Crippen LogP contribution in [-0.2, 0) is 13.1 Å². The highest BCUT2D eigenvalue weighted by Crippen LogP contribution is 2.37. The number of methoxy groups -OCH3 is 1. The lowest BCUT2D eigenvalue weighted by atomic mass is 10.0. The molecule has 6 heteroatoms. The van der Waals surface area contributed by atoms with Gasteiger partial charge in [-0.3, -0.25) is 0 Å². The number of nitrogens with one attached hydrogen (secondary N) is 1. The molecule has 3 aromatic carbocycles. The molecule has 0 saturated heterocycles. The Balaban J connectivity index is 1.52. The number of amides is 2. The number of carbonyl (C=O) groups excluding carboxylic acids is 1. The van der Waals surface area contributed by atoms with Crippen LogP contribution in [0.1, 0.15) is 28.4 Å². The molecule has 34 heavy (non-hydrogen) atoms. The number of hydrogen-bond donors (Lipinski definition) is 1. The molecule has 0 bridgehead atoms. The minimum Gasteiger partial charge on any atom is -0.497 e. The van der Waals surface area contributed by atoms with Crippen LogP contribution in [0.25, 0.3) is 5.69 Å². The smallest absolute Gasteiger partial charge is 0.318 e. The molecule has 1 atom stereocenters. The van der Waals surface area contributed by atoms with E-state index < -0.39 is 0 Å². The van der Waals surface area contributed by atoms with Crippen molar-refractivity contribution >= 4 is 17.8 Å². The minimum absolute atomic E-state index is 0.105. The molecule has 1 aromatic heterocycles. The summed E-state index contributed by atoms with van der Waals surface area (Å²) in [5.74, 6) is 0.778. The summed E-state index contributed by atoms with van der Waals surface area (Å²) < 4.78 is 7.54. The van der Waals surface area contributed by atoms with Crippen LogP contribution in [0.3, 0.4) is 0 Å². The zero-order valence-corrected chi connectivity index (χ0v) is 20.1. The van der Waals surface area contributed by atoms with E-state index >= 15 is 0 Å². The van der Waals surface area contributed by atoms with Gasteiger partial charge in [-0.05, 0) is 65.4 Å². The van der Waals surface area contributed by atoms with Gasteiger partial charge in [0.05, 0.1) is 25.4 Å². The summed E-state index contributed by atoms with van der Waals surface area (Å²) in [6.07, 6.45) is 4.15. The largest absolute Gasteiger partial charge is 0.497 e. The SMILES string of the molecule is COc1cccc(CNC(=O)N2Cc3ccccc3-n3cccc3[C@H]2c2ccc(SC)cc2)c1. The molecule has 0 spiro atoms. The van der Waals surface area contributed by atoms with E-state index in [9.17, 15) is 4.79 Å². The van der Waals surface area contributed by atoms with Gasteiger partial charge in [0, 0.05) is 23.3 Å². The average Bonchev–Trinajstić information content (AvgIpc) is 3.32. The Morgan fingerprint density at radius 2 is 1.85 bits per heavy atom. The second-order valence-electron chi connectivity index (χ2n) is 8.25. The van der Waals surface area contributed by atoms with Crippen LogP contribution in [-0.4, -0.2) is 28.9 Å². The first-order chi connectivity index (χ1) is 16.7. The predicted octanol–water partition coefficient (Wildman–Crippen LogP) is 6.02. The van der Waals surface area contributed by atoms with E-state index in [4.69, 9.17) is 4.74 Å². The second-order valence-corrected chi connectivity index (χ2v) is 9.13. The van der Waals surface area contributed by atoms with Crippen LogP contribution in [0.4, 0.5) is 4.79 Å². The van der Waals surface area contributed by atoms with Crippen LogP contribution in [0.15, 0.2) is 96.0 Å². The summed E-state index contributed by atoms with van der Waals surface area (Å²) >= 11 is 1.71. The highest BCUT2D eigenvalue weighted by Gasteiger charge is 2.32. The number of aromatic nitrogens is 1. The molecule has 0 aliphatic carbocycles. The number of urea groups is 1. The number of benzene rings is 3. The lowest BCUT2D eigenvalue weighted by molar-refractivity contribution is 0.180. The molecule has 1 aliphatic heterocycles. The van der Waals surface area contributed by atoms with Crippen LogP contribution in [0.5, 0.6) is 5.75 Å². The fourth-order valence-corrected chi connectivity index (χ4v) is 4.95. The van der Waals surface area contributed by atoms with Gasteiger partial charge >= 0.3 is 6.03 Å². The molecule has 1 N–H and O–H groups in total. The van der Waals surface area contributed by atoms with Gasteiger partial charge in [-0.25, -0.2) is 4.79 Å². The molecular weight excluding hydrogens is 442 g/mol. The van der Waals surface area contributed by atoms with Crippen molar-refractivity contribution < 1.29 is 9.53 Å². The summed E-state index contributed by atoms with van der Waals surface area (Å²) in [6, 6.07) is 28.4. The van der Waals surface area contributed by atoms with E-state index in [1.165, 1.54) is 4.90 Å². The Morgan fingerprint density at radius 1 is 1.03 bits per heavy atom. The highest BCUT2D eigenvalue weighted by atomic mass is 32.2. The number of rotatable bonds is 5. The van der Waals surface area contributed by atoms with Crippen molar-refractivity contribution in [1.29, 1.82) is 0 Å². The molecule has 0 unspecified atom stereocenters. The van der Waals surface area contributed by atoms with Crippen molar-refractivity contribution in [2.24, 2.45) is 0 Å². The number of nitrogens with zero attached hydrogens (tertiary/aromatic N) is 2. The Kier molecular flexibility index (Phi) is 6.32. The zero-order valence-electron chi connectivity index (χ0n) is 19.3. The van der Waals surface area contributed by atoms with Crippen molar-refractivity contribution in [3.05, 3.63) is 114 Å². The zero-order chi connectivity index (χ0) is 23.5. The minimum atomic E-state index is -0.219. The second kappa shape index (κ2) is 9.69. The fraction of sp³-hybridized carbons (Fsp3) is 0.179. The molecule has 172 valence electrons. The molecule has 5 nitrogen and oxygen atoms in total. The lowest BCUT2D eigenvalue weighted by Crippen LogP contribution is -2.41. The Labute approximate surface area is 204 Å². The number of thioether (sulfide) groups is 1. The van der Waals surface area contributed by atoms with E-state index in [0.29, 0.717) is 13.1 Å². The standard InChI is InChI=1S/C28H27N3O2S/c1-33-23-9-5-7-20(17-23)18-29-28(32)31-19-22-8-3-4-10-25(22)30-16-6-11-26(30)27(31)21-12-14-24(34-2)15-13-21/h3-17,27H,18-19H2,1-2H3,(H,29,32)/t27-/m1/s1. The number of carbonyl (C=O) groups is 1. The molecule has 5 rings (SSSR count). The quantitative estimate of drug-likeness (QED) is 0.364. The maximum atomic E-state index is 13.7. The number of fused-ring (bicyclic) bond motifs is 3. The van der Waals surface area contributed by atoms with E-state index in [1.807, 2.05) is 47.4 Å². The summed E-state index contributed by atoms with van der Waals surface area (Å²) in [5.41, 5.74) is 5.36. The Morgan fingerprint density at radius 3 is 2.65 bits per heavy atom. The number of para-hydroxylation sites is 1. The van der Waals surface area contributed by atoms with Crippen molar-refractivity contribution in [2.75, 3.05) is 13.4 Å². The van der Waals surface area contributed by atoms with E-state index in [-0.39, 0.29) is 12.1 Å². The third kappa shape index (κ3) is 4.29. The molecular formula is C28H27N3O2S. The van der Waals surface area contributed by atoms with Gasteiger partial charge in [-0.2, -0.15) is 0 Å². The van der Waals surface area contributed by atoms with E-state index in [2.05, 4.69) is 64.8 Å². The molecule has 0 saturated carbocycles. The lowest BCUT2D eigenvalue weighted by Gasteiger charge is -2.31. The molecule has 0 radical (unpaired) electrons. The topological polar surface area (TPSA) is 46.5 Å². The van der Waals surface area contributed by atoms with Gasteiger partial charge in [0.25, 0.3) is 0 Å². The first-order valence-electron chi connectivity index (χ1n) is 11.2. The first kappa shape index (κ1) is 22.2. The maximum absolute atomic E-state index is 13.7. The molecule has 2 amide bonds. The normalized spacial score (nSPS) is 14.6. The summed E-state index contributed by atoms with van der Waals surface area (Å²) in [5, 5.41) is 3.14. The first-order valence-corrected chi connectivity index (χ1v) is 12.5. The van der Waals surface area contributed by atoms with Crippen LogP contribution in [0, 0.1) is 0 Å². The van der Waals surface area contributed by atoms with Gasteiger partial charge in [0.1, 0.15) is 5.75 Å². The highest BCUT2D eigenvalue weighted by molar-refractivity contribution is 7.98. The van der Waals surface area contributed by atoms with Crippen LogP contribution < -0.4 is 10.1 Å². The Bertz CT molecular complexity index is 1300. The predicted molar refractivity (Wildman–Crippen MR) is 137 cm³/mol. The van der Waals surface area contributed by atoms with Crippen molar-refractivity contribution in [1.82, 2.24) is 14.8 Å². The summed E-state index contributed by atoms with van der Waals surface area (Å²) in [7, 11) is 1.65. The molecule has 1 aliphatic rings. The van der Waals surface area contributed by atoms with Gasteiger partial charge in [-0.15, -0.1) is 11.8 Å². The molecule has 0 fully saturated rings. The maximum Gasteiger partial charge on any atom is 0.318 e. The summed E-state index contributed by atoms with van der Waals surface area (Å²) in [6.45, 7) is 0.935. The third-order valence-corrected chi connectivity index (χ3v) is 6.98. The molecule has 2 heterocycles. The van der Waals surface area contributed by atoms with Crippen molar-refractivity contribution in [2.45, 2.75) is 24.0 Å². The summed E-state index contributed by atoms with van der Waals surface area (Å²) in [4.78, 5) is 16.8. The van der Waals surface area contributed by atoms with Gasteiger partial charge < -0.3 is 19.5 Å². The van der Waals surface area contributed by atoms with Gasteiger partial charge in [0.15, 0.2) is 0 Å². The van der Waals surface area contributed by atoms with Crippen LogP contribution in [0.2, 0.25) is 0 Å².